The molecule has 0 unspecified atom stereocenters. The molecular weight excluding hydrogens is 476 g/mol. The van der Waals surface area contributed by atoms with Gasteiger partial charge in [0.25, 0.3) is 5.91 Å². The van der Waals surface area contributed by atoms with E-state index in [1.54, 1.807) is 49.4 Å². The minimum atomic E-state index is -3.59. The van der Waals surface area contributed by atoms with Crippen molar-refractivity contribution in [3.05, 3.63) is 89.5 Å². The van der Waals surface area contributed by atoms with Crippen molar-refractivity contribution >= 4 is 33.2 Å². The Bertz CT molecular complexity index is 1350. The van der Waals surface area contributed by atoms with Crippen LogP contribution in [0.4, 0.5) is 11.4 Å². The molecular formula is C27H30N4O4S. The SMILES string of the molecule is Cc1ccc(C)c(S(=O)(=O)N2CCN(CC(=O)Nc3ccccc3C(=O)Nc3ccccc3)CC2)c1. The molecule has 1 aliphatic heterocycles. The molecule has 3 aromatic carbocycles. The van der Waals surface area contributed by atoms with Crippen molar-refractivity contribution < 1.29 is 18.0 Å². The first-order valence-electron chi connectivity index (χ1n) is 11.8. The summed E-state index contributed by atoms with van der Waals surface area (Å²) in [5.74, 6) is -0.580. The van der Waals surface area contributed by atoms with Gasteiger partial charge in [0.2, 0.25) is 15.9 Å². The molecule has 3 aromatic rings. The summed E-state index contributed by atoms with van der Waals surface area (Å²) in [6, 6.07) is 21.4. The number of piperazine rings is 1. The van der Waals surface area contributed by atoms with Crippen LogP contribution in [0.5, 0.6) is 0 Å². The number of hydrogen-bond acceptors (Lipinski definition) is 5. The number of sulfonamides is 1. The highest BCUT2D eigenvalue weighted by Crippen LogP contribution is 2.23. The average Bonchev–Trinajstić information content (AvgIpc) is 2.86. The summed E-state index contributed by atoms with van der Waals surface area (Å²) in [4.78, 5) is 27.8. The third-order valence-corrected chi connectivity index (χ3v) is 8.18. The van der Waals surface area contributed by atoms with Gasteiger partial charge in [0.1, 0.15) is 0 Å². The lowest BCUT2D eigenvalue weighted by molar-refractivity contribution is -0.117. The number of nitrogens with zero attached hydrogens (tertiary/aromatic N) is 2. The second-order valence-corrected chi connectivity index (χ2v) is 10.8. The van der Waals surface area contributed by atoms with Crippen LogP contribution in [0.15, 0.2) is 77.7 Å². The summed E-state index contributed by atoms with van der Waals surface area (Å²) in [5, 5.41) is 5.66. The van der Waals surface area contributed by atoms with Crippen LogP contribution in [-0.2, 0) is 14.8 Å². The van der Waals surface area contributed by atoms with Gasteiger partial charge in [-0.2, -0.15) is 4.31 Å². The van der Waals surface area contributed by atoms with Crippen molar-refractivity contribution in [2.45, 2.75) is 18.7 Å². The highest BCUT2D eigenvalue weighted by atomic mass is 32.2. The molecule has 1 saturated heterocycles. The highest BCUT2D eigenvalue weighted by molar-refractivity contribution is 7.89. The molecule has 0 spiro atoms. The van der Waals surface area contributed by atoms with Crippen LogP contribution in [0.2, 0.25) is 0 Å². The van der Waals surface area contributed by atoms with E-state index < -0.39 is 10.0 Å². The van der Waals surface area contributed by atoms with Gasteiger partial charge in [-0.1, -0.05) is 42.5 Å². The lowest BCUT2D eigenvalue weighted by Gasteiger charge is -2.33. The second-order valence-electron chi connectivity index (χ2n) is 8.86. The molecule has 188 valence electrons. The highest BCUT2D eigenvalue weighted by Gasteiger charge is 2.30. The fourth-order valence-electron chi connectivity index (χ4n) is 4.16. The van der Waals surface area contributed by atoms with Gasteiger partial charge in [-0.05, 0) is 55.3 Å². The van der Waals surface area contributed by atoms with E-state index in [-0.39, 0.29) is 18.4 Å². The topological polar surface area (TPSA) is 98.8 Å². The molecule has 1 heterocycles. The third-order valence-electron chi connectivity index (χ3n) is 6.14. The Labute approximate surface area is 212 Å². The van der Waals surface area contributed by atoms with Crippen molar-refractivity contribution in [1.82, 2.24) is 9.21 Å². The third kappa shape index (κ3) is 5.99. The standard InChI is InChI=1S/C27H30N4O4S/c1-20-12-13-21(2)25(18-20)36(34,35)31-16-14-30(15-17-31)19-26(32)29-24-11-7-6-10-23(24)27(33)28-22-8-4-3-5-9-22/h3-13,18H,14-17,19H2,1-2H3,(H,28,33)(H,29,32). The zero-order chi connectivity index (χ0) is 25.7. The first-order valence-corrected chi connectivity index (χ1v) is 13.2. The lowest BCUT2D eigenvalue weighted by atomic mass is 10.1. The van der Waals surface area contributed by atoms with Crippen molar-refractivity contribution in [3.8, 4) is 0 Å². The van der Waals surface area contributed by atoms with Crippen LogP contribution in [0, 0.1) is 13.8 Å². The van der Waals surface area contributed by atoms with Crippen LogP contribution < -0.4 is 10.6 Å². The molecule has 4 rings (SSSR count). The molecule has 0 bridgehead atoms. The van der Waals surface area contributed by atoms with Crippen LogP contribution in [0.25, 0.3) is 0 Å². The first kappa shape index (κ1) is 25.6. The average molecular weight is 507 g/mol. The van der Waals surface area contributed by atoms with E-state index in [0.717, 1.165) is 11.1 Å². The van der Waals surface area contributed by atoms with E-state index >= 15 is 0 Å². The van der Waals surface area contributed by atoms with Gasteiger partial charge >= 0.3 is 0 Å². The van der Waals surface area contributed by atoms with E-state index in [2.05, 4.69) is 10.6 Å². The quantitative estimate of drug-likeness (QED) is 0.511. The Balaban J connectivity index is 1.35. The van der Waals surface area contributed by atoms with Crippen LogP contribution in [0.1, 0.15) is 21.5 Å². The molecule has 0 radical (unpaired) electrons. The predicted molar refractivity (Wildman–Crippen MR) is 141 cm³/mol. The smallest absolute Gasteiger partial charge is 0.257 e. The molecule has 36 heavy (non-hydrogen) atoms. The summed E-state index contributed by atoms with van der Waals surface area (Å²) >= 11 is 0. The van der Waals surface area contributed by atoms with E-state index in [0.29, 0.717) is 48.0 Å². The van der Waals surface area contributed by atoms with E-state index in [1.807, 2.05) is 42.2 Å². The molecule has 1 aliphatic rings. The first-order chi connectivity index (χ1) is 17.2. The van der Waals surface area contributed by atoms with Crippen molar-refractivity contribution in [2.75, 3.05) is 43.4 Å². The number of carbonyl (C=O) groups excluding carboxylic acids is 2. The fraction of sp³-hybridized carbons (Fsp3) is 0.259. The van der Waals surface area contributed by atoms with E-state index in [1.165, 1.54) is 4.31 Å². The largest absolute Gasteiger partial charge is 0.324 e. The van der Waals surface area contributed by atoms with E-state index in [9.17, 15) is 18.0 Å². The molecule has 0 aromatic heterocycles. The second kappa shape index (κ2) is 11.0. The zero-order valence-electron chi connectivity index (χ0n) is 20.4. The molecule has 9 heteroatoms. The van der Waals surface area contributed by atoms with Crippen molar-refractivity contribution in [2.24, 2.45) is 0 Å². The molecule has 0 atom stereocenters. The van der Waals surface area contributed by atoms with Gasteiger partial charge in [-0.15, -0.1) is 0 Å². The van der Waals surface area contributed by atoms with Crippen molar-refractivity contribution in [1.29, 1.82) is 0 Å². The number of rotatable bonds is 7. The number of amides is 2. The molecule has 2 amide bonds. The van der Waals surface area contributed by atoms with Gasteiger partial charge in [0.05, 0.1) is 22.7 Å². The number of benzene rings is 3. The minimum absolute atomic E-state index is 0.103. The molecule has 1 fully saturated rings. The zero-order valence-corrected chi connectivity index (χ0v) is 21.2. The molecule has 0 saturated carbocycles. The fourth-order valence-corrected chi connectivity index (χ4v) is 5.89. The maximum Gasteiger partial charge on any atom is 0.257 e. The summed E-state index contributed by atoms with van der Waals surface area (Å²) in [6.45, 7) is 5.26. The Morgan fingerprint density at radius 1 is 0.833 bits per heavy atom. The molecule has 2 N–H and O–H groups in total. The lowest BCUT2D eigenvalue weighted by Crippen LogP contribution is -2.50. The van der Waals surface area contributed by atoms with Gasteiger partial charge in [0.15, 0.2) is 0 Å². The molecule has 8 nitrogen and oxygen atoms in total. The Morgan fingerprint density at radius 3 is 2.22 bits per heavy atom. The molecule has 0 aliphatic carbocycles. The Morgan fingerprint density at radius 2 is 1.50 bits per heavy atom. The maximum atomic E-state index is 13.2. The summed E-state index contributed by atoms with van der Waals surface area (Å²) in [7, 11) is -3.59. The van der Waals surface area contributed by atoms with Gasteiger partial charge in [-0.25, -0.2) is 8.42 Å². The van der Waals surface area contributed by atoms with Crippen LogP contribution in [-0.4, -0.2) is 62.2 Å². The number of anilines is 2. The van der Waals surface area contributed by atoms with E-state index in [4.69, 9.17) is 0 Å². The summed E-state index contributed by atoms with van der Waals surface area (Å²) < 4.78 is 27.8. The normalized spacial score (nSPS) is 14.8. The summed E-state index contributed by atoms with van der Waals surface area (Å²) in [6.07, 6.45) is 0. The van der Waals surface area contributed by atoms with Gasteiger partial charge in [-0.3, -0.25) is 14.5 Å². The number of carbonyl (C=O) groups is 2. The minimum Gasteiger partial charge on any atom is -0.324 e. The van der Waals surface area contributed by atoms with Gasteiger partial charge < -0.3 is 10.6 Å². The maximum absolute atomic E-state index is 13.2. The van der Waals surface area contributed by atoms with Crippen LogP contribution in [0.3, 0.4) is 0 Å². The number of para-hydroxylation sites is 2. The number of aryl methyl sites for hydroxylation is 2. The number of hydrogen-bond donors (Lipinski definition) is 2. The van der Waals surface area contributed by atoms with Crippen LogP contribution >= 0.6 is 0 Å². The summed E-state index contributed by atoms with van der Waals surface area (Å²) in [5.41, 5.74) is 3.06. The predicted octanol–water partition coefficient (Wildman–Crippen LogP) is 3.50. The number of nitrogens with one attached hydrogen (secondary N) is 2. The Kier molecular flexibility index (Phi) is 7.83. The Hall–Kier alpha value is -3.53. The van der Waals surface area contributed by atoms with Crippen molar-refractivity contribution in [3.63, 3.8) is 0 Å². The monoisotopic (exact) mass is 506 g/mol. The van der Waals surface area contributed by atoms with Gasteiger partial charge in [0, 0.05) is 31.9 Å².